The van der Waals surface area contributed by atoms with Gasteiger partial charge in [-0.05, 0) is 103 Å². The van der Waals surface area contributed by atoms with Gasteiger partial charge in [0.15, 0.2) is 59.7 Å². The van der Waals surface area contributed by atoms with E-state index in [0.717, 1.165) is 5.01 Å². The van der Waals surface area contributed by atoms with E-state index in [1.165, 1.54) is 19.6 Å². The Bertz CT molecular complexity index is 3860. The number of hydrogen-bond donors (Lipinski definition) is 32. The van der Waals surface area contributed by atoms with Crippen LogP contribution in [0.2, 0.25) is 0 Å². The van der Waals surface area contributed by atoms with E-state index in [0.29, 0.717) is 6.29 Å². The minimum absolute atomic E-state index is 0.00701. The molecule has 59 nitrogen and oxygen atoms in total. The number of guanidine groups is 8. The van der Waals surface area contributed by atoms with Crippen LogP contribution in [0.4, 0.5) is 0 Å². The number of hydrogen-bond acceptors (Lipinski definition) is 29. The number of aliphatic imine (C=N–C) groups is 8. The number of nitrogens with one attached hydrogen (secondary N) is 9. The minimum atomic E-state index is -4.79. The zero-order valence-corrected chi connectivity index (χ0v) is 73.6. The Morgan fingerprint density at radius 1 is 0.362 bits per heavy atom. The first-order valence-electron chi connectivity index (χ1n) is 40.3. The normalized spacial score (nSPS) is 17.2. The van der Waals surface area contributed by atoms with Gasteiger partial charge >= 0.3 is 22.8 Å². The Kier molecular flexibility index (Phi) is 52.6. The van der Waals surface area contributed by atoms with Crippen molar-refractivity contribution in [1.29, 1.82) is 0 Å². The first-order chi connectivity index (χ1) is 59.5. The first kappa shape index (κ1) is 112. The van der Waals surface area contributed by atoms with Crippen molar-refractivity contribution in [1.82, 2.24) is 72.6 Å². The molecule has 2 heterocycles. The van der Waals surface area contributed by atoms with Gasteiger partial charge in [0.2, 0.25) is 53.6 Å². The van der Waals surface area contributed by atoms with Crippen LogP contribution in [0.1, 0.15) is 103 Å². The number of rotatable bonds is 58. The molecule has 0 bridgehead atoms. The van der Waals surface area contributed by atoms with Gasteiger partial charge in [-0.2, -0.15) is 5.01 Å². The number of nitrogens with zero attached hydrogens (tertiary/aromatic N) is 13. The van der Waals surface area contributed by atoms with Crippen molar-refractivity contribution >= 4 is 130 Å². The van der Waals surface area contributed by atoms with Crippen LogP contribution in [0.15, 0.2) is 39.9 Å². The van der Waals surface area contributed by atoms with Crippen molar-refractivity contribution in [3.63, 3.8) is 0 Å². The van der Waals surface area contributed by atoms with Gasteiger partial charge in [-0.25, -0.2) is 5.43 Å². The zero-order chi connectivity index (χ0) is 95.6. The second kappa shape index (κ2) is 59.4. The molecule has 0 aromatic heterocycles. The summed E-state index contributed by atoms with van der Waals surface area (Å²) >= 11 is 0. The third-order valence-electron chi connectivity index (χ3n) is 18.4. The highest BCUT2D eigenvalue weighted by Crippen LogP contribution is 2.38. The van der Waals surface area contributed by atoms with Crippen LogP contribution in [0, 0.1) is 0 Å². The largest absolute Gasteiger partial charge is 0.370 e. The number of hydrazine groups is 1. The van der Waals surface area contributed by atoms with Crippen molar-refractivity contribution in [3.8, 4) is 0 Å². The Balaban J connectivity index is 2.82. The van der Waals surface area contributed by atoms with Crippen molar-refractivity contribution in [3.05, 3.63) is 0 Å². The highest BCUT2D eigenvalue weighted by molar-refractivity contribution is 7.52. The van der Waals surface area contributed by atoms with E-state index in [1.807, 2.05) is 0 Å². The van der Waals surface area contributed by atoms with Gasteiger partial charge < -0.3 is 173 Å². The summed E-state index contributed by atoms with van der Waals surface area (Å²) < 4.78 is 42.7. The van der Waals surface area contributed by atoms with Crippen LogP contribution in [0.5, 0.6) is 0 Å². The van der Waals surface area contributed by atoms with Crippen LogP contribution in [-0.2, 0) is 66.4 Å². The van der Waals surface area contributed by atoms with Crippen LogP contribution in [-0.4, -0.2) is 359 Å². The van der Waals surface area contributed by atoms with Gasteiger partial charge in [-0.1, -0.05) is 0 Å². The lowest BCUT2D eigenvalue weighted by molar-refractivity contribution is -0.188. The monoisotopic (exact) mass is 1870 g/mol. The summed E-state index contributed by atoms with van der Waals surface area (Å²) in [7, 11) is -14.3. The molecule has 724 valence electrons. The molecule has 2 aliphatic heterocycles. The third-order valence-corrected chi connectivity index (χ3v) is 20.8. The predicted octanol–water partition coefficient (Wildman–Crippen LogP) is -15.9. The fourth-order valence-electron chi connectivity index (χ4n) is 12.4. The maximum Gasteiger partial charge on any atom is 0.339 e. The summed E-state index contributed by atoms with van der Waals surface area (Å²) in [6.45, 7) is -3.22. The molecule has 0 saturated carbocycles. The quantitative estimate of drug-likeness (QED) is 0.00884. The number of carbonyl (C=O) groups excluding carboxylic acids is 10. The summed E-state index contributed by atoms with van der Waals surface area (Å²) in [5.74, 6) is -11.1. The van der Waals surface area contributed by atoms with E-state index in [1.54, 1.807) is 0 Å². The van der Waals surface area contributed by atoms with Crippen LogP contribution >= 0.6 is 22.8 Å². The average molecular weight is 1870 g/mol. The van der Waals surface area contributed by atoms with Crippen LogP contribution in [0.3, 0.4) is 0 Å². The summed E-state index contributed by atoms with van der Waals surface area (Å²) in [4.78, 5) is 241. The van der Waals surface area contributed by atoms with Crippen molar-refractivity contribution in [2.24, 2.45) is 137 Å². The Morgan fingerprint density at radius 2 is 0.583 bits per heavy atom. The summed E-state index contributed by atoms with van der Waals surface area (Å²) in [5, 5.41) is 22.0. The molecule has 0 aliphatic carbocycles. The standard InChI is InChI=1S/C65H134N39O20P3/c66-49-47(106)33-104(65(124-49)98-48(107)34-100-25-27-101(36-125(115,116)117)29-31-103(38-127(121,122)123)32-30-102(28-26-100)37-126(118,119)120)99-46(16-8-24-90-64(81)82)56(114)97-45(15-7-23-89-63(79)80)55(113)96-44(14-6-22-88-62(77)78)54(112)95-43(13-5-21-87-61(75)76)53(111)94-42(12-4-20-86-60(73)74)52(110)93-41(11-3-19-85-59(71)72)51(109)92-40(10-2-18-84-58(69)70)50(108)91-39(35-105)9-1-17-83-57(67)68/h35,39-46,49,65,99H,1-34,36-38,66H2,(H,91,108)(H,92,109)(H,93,110)(H,94,111)(H,95,112)(H,96,113)(H,97,114)(H,98,107)(H4,67,68,83)(H4,69,70,84)(H4,71,72,85)(H4,73,74,86)(H4,75,76,87)(H4,77,78,88)(H4,79,80,89)(H4,81,82,90)(H2,115,116,117)(H2,118,119,120)(H2,121,122,123)/t39-,40+,41+,42+,43-,44+,45-,46+,49?,65?/m0/s1. The zero-order valence-electron chi connectivity index (χ0n) is 70.9. The number of ether oxygens (including phenoxy) is 1. The van der Waals surface area contributed by atoms with Gasteiger partial charge in [0.1, 0.15) is 67.4 Å². The number of carbonyl (C=O) groups is 10. The van der Waals surface area contributed by atoms with E-state index < -0.39 is 169 Å². The SMILES string of the molecule is NC(N)=NCCC[C@@H](C=O)NC(=O)[C@@H](CCCN=C(N)N)NC(=O)[C@@H](CCCN=C(N)N)NC(=O)[C@@H](CCCN=C(N)N)NC(=O)[C@H](CCCN=C(N)N)NC(=O)[C@@H](CCCN=C(N)N)NC(=O)[C@H](CCCN=C(N)N)NC(=O)[C@@H](CCCN=C(N)N)NN1CC(=O)C(N)OC1NC(=O)CN1CCN(CP(=O)(O)O)CCN(CP(=O)(O)O)CCN(CP(=O)(O)O)CC1. The second-order valence-electron chi connectivity index (χ2n) is 29.5. The van der Waals surface area contributed by atoms with Crippen LogP contribution < -0.4 is 145 Å². The molecule has 2 fully saturated rings. The van der Waals surface area contributed by atoms with E-state index in [4.69, 9.17) is 102 Å². The molecule has 2 rings (SSSR count). The summed E-state index contributed by atoms with van der Waals surface area (Å²) in [6.07, 6.45) is -6.80. The highest BCUT2D eigenvalue weighted by Gasteiger charge is 2.40. The van der Waals surface area contributed by atoms with Crippen molar-refractivity contribution in [2.75, 3.05) is 137 Å². The number of aldehydes is 1. The molecule has 127 heavy (non-hydrogen) atoms. The summed E-state index contributed by atoms with van der Waals surface area (Å²) in [6, 6.07) is -12.1. The molecule has 2 aliphatic rings. The molecule has 0 aromatic carbocycles. The van der Waals surface area contributed by atoms with Gasteiger partial charge in [0.25, 0.3) is 0 Å². The molecule has 0 radical (unpaired) electrons. The Morgan fingerprint density at radius 3 is 0.819 bits per heavy atom. The molecular weight excluding hydrogens is 1740 g/mol. The van der Waals surface area contributed by atoms with E-state index in [2.05, 4.69) is 87.9 Å². The number of amides is 8. The van der Waals surface area contributed by atoms with E-state index >= 15 is 19.2 Å². The molecule has 0 spiro atoms. The molecule has 2 unspecified atom stereocenters. The third kappa shape index (κ3) is 53.6. The number of nitrogens with two attached hydrogens (primary N) is 17. The lowest BCUT2D eigenvalue weighted by atomic mass is 10.0. The van der Waals surface area contributed by atoms with Gasteiger partial charge in [0, 0.05) is 105 Å². The van der Waals surface area contributed by atoms with Crippen LogP contribution in [0.25, 0.3) is 0 Å². The minimum Gasteiger partial charge on any atom is -0.370 e. The fraction of sp³-hybridized carbons (Fsp3) is 0.723. The summed E-state index contributed by atoms with van der Waals surface area (Å²) in [5.41, 5.74) is 98.6. The molecule has 49 N–H and O–H groups in total. The smallest absolute Gasteiger partial charge is 0.339 e. The fourth-order valence-corrected chi connectivity index (χ4v) is 14.8. The average Bonchev–Trinajstić information content (AvgIpc) is 0.823. The lowest BCUT2D eigenvalue weighted by Crippen LogP contribution is -2.68. The molecular formula is C65H134N39O20P3. The first-order valence-corrected chi connectivity index (χ1v) is 45.7. The van der Waals surface area contributed by atoms with Gasteiger partial charge in [-0.15, -0.1) is 0 Å². The maximum absolute atomic E-state index is 15.1. The predicted molar refractivity (Wildman–Crippen MR) is 470 cm³/mol. The maximum atomic E-state index is 15.1. The number of Topliss-reactive ketones (excluding diaryl/α,β-unsaturated/α-hetero) is 1. The lowest BCUT2D eigenvalue weighted by Gasteiger charge is -2.39. The van der Waals surface area contributed by atoms with Crippen molar-refractivity contribution in [2.45, 2.75) is 164 Å². The van der Waals surface area contributed by atoms with Crippen molar-refractivity contribution < 1.29 is 95.7 Å². The Labute approximate surface area is 733 Å². The highest BCUT2D eigenvalue weighted by atomic mass is 31.2. The second-order valence-corrected chi connectivity index (χ2v) is 34.3. The molecule has 10 atom stereocenters. The van der Waals surface area contributed by atoms with E-state index in [9.17, 15) is 71.8 Å². The molecule has 2 saturated heterocycles. The van der Waals surface area contributed by atoms with Gasteiger partial charge in [-0.3, -0.25) is 122 Å². The van der Waals surface area contributed by atoms with Gasteiger partial charge in [0.05, 0.1) is 19.1 Å². The van der Waals surface area contributed by atoms with E-state index in [-0.39, 0.29) is 255 Å². The Hall–Kier alpha value is -10.6. The molecule has 0 aromatic rings. The topological polar surface area (TPSA) is 1020 Å². The molecule has 62 heteroatoms. The molecule has 8 amide bonds. The number of ketones is 1.